The van der Waals surface area contributed by atoms with Crippen LogP contribution in [0.25, 0.3) is 0 Å². The van der Waals surface area contributed by atoms with E-state index in [1.54, 1.807) is 25.1 Å². The van der Waals surface area contributed by atoms with Crippen molar-refractivity contribution >= 4 is 10.0 Å². The summed E-state index contributed by atoms with van der Waals surface area (Å²) in [4.78, 5) is 0. The van der Waals surface area contributed by atoms with Crippen LogP contribution in [0.3, 0.4) is 0 Å². The maximum Gasteiger partial charge on any atom is 0.216 e. The molecule has 2 rings (SSSR count). The summed E-state index contributed by atoms with van der Waals surface area (Å²) in [5.74, 6) is 0.591. The molecule has 0 spiro atoms. The Balaban J connectivity index is 2.13. The number of hydrogen-bond acceptors (Lipinski definition) is 4. The lowest BCUT2D eigenvalue weighted by molar-refractivity contribution is 0.287. The van der Waals surface area contributed by atoms with Crippen molar-refractivity contribution in [3.05, 3.63) is 59.4 Å². The first kappa shape index (κ1) is 20.2. The number of benzene rings is 2. The van der Waals surface area contributed by atoms with Gasteiger partial charge >= 0.3 is 0 Å². The van der Waals surface area contributed by atoms with E-state index in [0.717, 1.165) is 5.56 Å². The number of nitrogens with one attached hydrogen (secondary N) is 1. The summed E-state index contributed by atoms with van der Waals surface area (Å²) in [6.07, 6.45) is 0. The molecule has 0 unspecified atom stereocenters. The zero-order chi connectivity index (χ0) is 19.2. The molecule has 2 aromatic carbocycles. The molecule has 0 fully saturated rings. The number of rotatable bonds is 9. The van der Waals surface area contributed by atoms with Gasteiger partial charge in [0.05, 0.1) is 19.0 Å². The van der Waals surface area contributed by atoms with Crippen molar-refractivity contribution < 1.29 is 22.3 Å². The molecule has 2 aromatic rings. The van der Waals surface area contributed by atoms with E-state index < -0.39 is 21.9 Å². The molecule has 142 valence electrons. The van der Waals surface area contributed by atoms with E-state index in [0.29, 0.717) is 30.3 Å². The highest BCUT2D eigenvalue weighted by atomic mass is 32.2. The molecule has 7 heteroatoms. The molecule has 1 atom stereocenters. The van der Waals surface area contributed by atoms with E-state index in [1.165, 1.54) is 24.3 Å². The Morgan fingerprint density at radius 3 is 2.23 bits per heavy atom. The summed E-state index contributed by atoms with van der Waals surface area (Å²) < 4.78 is 51.5. The van der Waals surface area contributed by atoms with Crippen molar-refractivity contribution in [2.45, 2.75) is 32.6 Å². The van der Waals surface area contributed by atoms with Crippen molar-refractivity contribution in [2.24, 2.45) is 0 Å². The van der Waals surface area contributed by atoms with Gasteiger partial charge in [0.15, 0.2) is 11.5 Å². The second-order valence-electron chi connectivity index (χ2n) is 5.80. The van der Waals surface area contributed by atoms with Gasteiger partial charge in [0.25, 0.3) is 0 Å². The molecule has 5 nitrogen and oxygen atoms in total. The third kappa shape index (κ3) is 5.71. The van der Waals surface area contributed by atoms with Gasteiger partial charge in [-0.05, 0) is 56.2 Å². The number of halogens is 1. The van der Waals surface area contributed by atoms with Crippen molar-refractivity contribution in [2.75, 3.05) is 13.2 Å². The first-order chi connectivity index (χ1) is 12.3. The van der Waals surface area contributed by atoms with Gasteiger partial charge in [-0.25, -0.2) is 17.5 Å². The topological polar surface area (TPSA) is 64.6 Å². The number of ether oxygens (including phenoxy) is 2. The predicted octanol–water partition coefficient (Wildman–Crippen LogP) is 3.80. The number of sulfonamides is 1. The van der Waals surface area contributed by atoms with E-state index in [9.17, 15) is 12.8 Å². The fourth-order valence-electron chi connectivity index (χ4n) is 2.52. The standard InChI is InChI=1S/C19H24FNO4S/c1-4-24-18-11-8-16(12-19(18)25-5-2)14(3)21-26(22,23)13-15-6-9-17(20)10-7-15/h6-12,14,21H,4-5,13H2,1-3H3/t14-/m0/s1. The van der Waals surface area contributed by atoms with Crippen LogP contribution in [0.15, 0.2) is 42.5 Å². The summed E-state index contributed by atoms with van der Waals surface area (Å²) in [5.41, 5.74) is 1.28. The monoisotopic (exact) mass is 381 g/mol. The molecular weight excluding hydrogens is 357 g/mol. The minimum atomic E-state index is -3.58. The molecule has 0 aromatic heterocycles. The first-order valence-corrected chi connectivity index (χ1v) is 10.1. The van der Waals surface area contributed by atoms with E-state index in [4.69, 9.17) is 9.47 Å². The van der Waals surface area contributed by atoms with Crippen LogP contribution in [0.4, 0.5) is 4.39 Å². The molecule has 0 bridgehead atoms. The normalized spacial score (nSPS) is 12.6. The van der Waals surface area contributed by atoms with Crippen LogP contribution in [0.1, 0.15) is 37.9 Å². The average molecular weight is 381 g/mol. The van der Waals surface area contributed by atoms with Crippen molar-refractivity contribution in [1.29, 1.82) is 0 Å². The molecule has 0 radical (unpaired) electrons. The first-order valence-electron chi connectivity index (χ1n) is 8.48. The largest absolute Gasteiger partial charge is 0.490 e. The Bertz CT molecular complexity index is 822. The third-order valence-corrected chi connectivity index (χ3v) is 5.12. The predicted molar refractivity (Wildman–Crippen MR) is 99.4 cm³/mol. The zero-order valence-corrected chi connectivity index (χ0v) is 16.0. The lowest BCUT2D eigenvalue weighted by Gasteiger charge is -2.17. The quantitative estimate of drug-likeness (QED) is 0.717. The van der Waals surface area contributed by atoms with Crippen LogP contribution < -0.4 is 14.2 Å². The summed E-state index contributed by atoms with van der Waals surface area (Å²) in [6, 6.07) is 10.3. The van der Waals surface area contributed by atoms with Gasteiger partial charge in [-0.1, -0.05) is 18.2 Å². The van der Waals surface area contributed by atoms with E-state index in [1.807, 2.05) is 13.8 Å². The van der Waals surface area contributed by atoms with Crippen molar-refractivity contribution in [3.8, 4) is 11.5 Å². The molecule has 26 heavy (non-hydrogen) atoms. The molecule has 1 N–H and O–H groups in total. The second kappa shape index (κ2) is 9.00. The van der Waals surface area contributed by atoms with Crippen LogP contribution in [0.2, 0.25) is 0 Å². The number of hydrogen-bond donors (Lipinski definition) is 1. The van der Waals surface area contributed by atoms with Gasteiger partial charge in [0.1, 0.15) is 5.82 Å². The maximum absolute atomic E-state index is 13.0. The highest BCUT2D eigenvalue weighted by Crippen LogP contribution is 2.31. The summed E-state index contributed by atoms with van der Waals surface area (Å²) in [7, 11) is -3.58. The lowest BCUT2D eigenvalue weighted by atomic mass is 10.1. The van der Waals surface area contributed by atoms with Gasteiger partial charge in [0.2, 0.25) is 10.0 Å². The smallest absolute Gasteiger partial charge is 0.216 e. The molecule has 0 aliphatic rings. The van der Waals surface area contributed by atoms with E-state index in [-0.39, 0.29) is 5.75 Å². The SMILES string of the molecule is CCOc1ccc([C@H](C)NS(=O)(=O)Cc2ccc(F)cc2)cc1OCC. The minimum Gasteiger partial charge on any atom is -0.490 e. The zero-order valence-electron chi connectivity index (χ0n) is 15.2. The van der Waals surface area contributed by atoms with Crippen LogP contribution in [-0.4, -0.2) is 21.6 Å². The maximum atomic E-state index is 13.0. The highest BCUT2D eigenvalue weighted by Gasteiger charge is 2.18. The molecule has 0 aliphatic carbocycles. The van der Waals surface area contributed by atoms with Crippen molar-refractivity contribution in [1.82, 2.24) is 4.72 Å². The van der Waals surface area contributed by atoms with Crippen LogP contribution in [-0.2, 0) is 15.8 Å². The summed E-state index contributed by atoms with van der Waals surface area (Å²) >= 11 is 0. The van der Waals surface area contributed by atoms with Gasteiger partial charge in [-0.3, -0.25) is 0 Å². The van der Waals surface area contributed by atoms with Gasteiger partial charge in [-0.2, -0.15) is 0 Å². The molecule has 0 saturated carbocycles. The fraction of sp³-hybridized carbons (Fsp3) is 0.368. The molecule has 0 amide bonds. The van der Waals surface area contributed by atoms with Crippen LogP contribution in [0, 0.1) is 5.82 Å². The highest BCUT2D eigenvalue weighted by molar-refractivity contribution is 7.88. The van der Waals surface area contributed by atoms with Gasteiger partial charge in [0, 0.05) is 6.04 Å². The lowest BCUT2D eigenvalue weighted by Crippen LogP contribution is -2.28. The Hall–Kier alpha value is -2.12. The fourth-order valence-corrected chi connectivity index (χ4v) is 3.91. The Labute approximate surface area is 154 Å². The molecular formula is C19H24FNO4S. The second-order valence-corrected chi connectivity index (χ2v) is 7.55. The Kier molecular flexibility index (Phi) is 6.99. The Morgan fingerprint density at radius 1 is 1.00 bits per heavy atom. The molecule has 0 heterocycles. The van der Waals surface area contributed by atoms with Gasteiger partial charge < -0.3 is 9.47 Å². The Morgan fingerprint density at radius 2 is 1.62 bits per heavy atom. The van der Waals surface area contributed by atoms with Gasteiger partial charge in [-0.15, -0.1) is 0 Å². The molecule has 0 aliphatic heterocycles. The average Bonchev–Trinajstić information content (AvgIpc) is 2.58. The third-order valence-electron chi connectivity index (χ3n) is 3.69. The van der Waals surface area contributed by atoms with Crippen LogP contribution >= 0.6 is 0 Å². The van der Waals surface area contributed by atoms with E-state index in [2.05, 4.69) is 4.72 Å². The van der Waals surface area contributed by atoms with E-state index >= 15 is 0 Å². The van der Waals surface area contributed by atoms with Crippen LogP contribution in [0.5, 0.6) is 11.5 Å². The minimum absolute atomic E-state index is 0.215. The molecule has 0 saturated heterocycles. The summed E-state index contributed by atoms with van der Waals surface area (Å²) in [5, 5.41) is 0. The summed E-state index contributed by atoms with van der Waals surface area (Å²) in [6.45, 7) is 6.51. The van der Waals surface area contributed by atoms with Crippen molar-refractivity contribution in [3.63, 3.8) is 0 Å².